The number of benzene rings is 3. The van der Waals surface area contributed by atoms with Gasteiger partial charge in [-0.05, 0) is 62.2 Å². The van der Waals surface area contributed by atoms with Crippen molar-refractivity contribution in [1.29, 1.82) is 0 Å². The zero-order chi connectivity index (χ0) is 32.6. The molecule has 0 bridgehead atoms. The number of primary amides is 1. The van der Waals surface area contributed by atoms with Crippen molar-refractivity contribution in [2.75, 3.05) is 12.4 Å². The molecule has 0 radical (unpaired) electrons. The van der Waals surface area contributed by atoms with Crippen LogP contribution in [0.25, 0.3) is 22.1 Å². The van der Waals surface area contributed by atoms with Crippen LogP contribution in [-0.4, -0.2) is 64.6 Å². The van der Waals surface area contributed by atoms with E-state index in [4.69, 9.17) is 29.1 Å². The average molecular weight is 621 g/mol. The summed E-state index contributed by atoms with van der Waals surface area (Å²) in [6.45, 7) is 4.85. The monoisotopic (exact) mass is 620 g/mol. The minimum Gasteiger partial charge on any atom is -0.508 e. The maximum absolute atomic E-state index is 13.1. The summed E-state index contributed by atoms with van der Waals surface area (Å²) in [6.07, 6.45) is -6.13. The predicted molar refractivity (Wildman–Crippen MR) is 161 cm³/mol. The normalized spacial score (nSPS) is 20.8. The highest BCUT2D eigenvalue weighted by Crippen LogP contribution is 2.38. The number of methoxy groups -OCH3 is 1. The fourth-order valence-electron chi connectivity index (χ4n) is 5.40. The van der Waals surface area contributed by atoms with Gasteiger partial charge in [0.15, 0.2) is 23.6 Å². The Morgan fingerprint density at radius 3 is 2.40 bits per heavy atom. The molecule has 4 atom stereocenters. The number of fused-ring (bicyclic) bond motifs is 1. The second-order valence-electron chi connectivity index (χ2n) is 11.0. The quantitative estimate of drug-likeness (QED) is 0.188. The van der Waals surface area contributed by atoms with Crippen LogP contribution in [-0.2, 0) is 14.2 Å². The molecule has 0 spiro atoms. The SMILES string of the molecule is CO[C@@H]1[C@@H](OC(N)=O)[C@@H](O)[C@H](Oc2ccc3c(O)c(NC(=O)c4cc(O)cc(-c5ccccc5)c4)c(=O)oc3c2C)OC1(C)C. The van der Waals surface area contributed by atoms with Crippen molar-refractivity contribution in [2.45, 2.75) is 51.0 Å². The summed E-state index contributed by atoms with van der Waals surface area (Å²) in [7, 11) is 1.37. The molecule has 1 aliphatic heterocycles. The Labute approximate surface area is 256 Å². The Kier molecular flexibility index (Phi) is 8.43. The molecule has 0 saturated carbocycles. The fraction of sp³-hybridized carbons (Fsp3) is 0.281. The number of ether oxygens (including phenoxy) is 4. The Hall–Kier alpha value is -5.11. The number of carbonyl (C=O) groups excluding carboxylic acids is 2. The van der Waals surface area contributed by atoms with Gasteiger partial charge in [0.2, 0.25) is 6.29 Å². The van der Waals surface area contributed by atoms with Gasteiger partial charge in [-0.15, -0.1) is 0 Å². The molecule has 6 N–H and O–H groups in total. The first-order valence-corrected chi connectivity index (χ1v) is 13.8. The molecular formula is C32H32N2O11. The van der Waals surface area contributed by atoms with Crippen LogP contribution in [0.5, 0.6) is 17.2 Å². The number of aryl methyl sites for hydroxylation is 1. The van der Waals surface area contributed by atoms with Crippen LogP contribution in [0.15, 0.2) is 69.9 Å². The number of hydrogen-bond acceptors (Lipinski definition) is 11. The zero-order valence-corrected chi connectivity index (χ0v) is 24.8. The average Bonchev–Trinajstić information content (AvgIpc) is 2.99. The van der Waals surface area contributed by atoms with Crippen molar-refractivity contribution in [3.8, 4) is 28.4 Å². The molecule has 1 aromatic heterocycles. The maximum Gasteiger partial charge on any atom is 0.404 e. The van der Waals surface area contributed by atoms with Gasteiger partial charge in [0, 0.05) is 18.2 Å². The molecule has 13 nitrogen and oxygen atoms in total. The Morgan fingerprint density at radius 2 is 1.73 bits per heavy atom. The topological polar surface area (TPSA) is 200 Å². The van der Waals surface area contributed by atoms with Gasteiger partial charge in [-0.2, -0.15) is 0 Å². The van der Waals surface area contributed by atoms with Crippen LogP contribution in [0.2, 0.25) is 0 Å². The number of aliphatic hydroxyl groups excluding tert-OH is 1. The summed E-state index contributed by atoms with van der Waals surface area (Å²) < 4.78 is 27.9. The number of nitrogens with one attached hydrogen (secondary N) is 1. The first-order chi connectivity index (χ1) is 21.3. The van der Waals surface area contributed by atoms with E-state index in [2.05, 4.69) is 5.32 Å². The number of rotatable bonds is 7. The summed E-state index contributed by atoms with van der Waals surface area (Å²) in [5, 5.41) is 34.7. The van der Waals surface area contributed by atoms with E-state index in [0.29, 0.717) is 5.56 Å². The highest BCUT2D eigenvalue weighted by Gasteiger charge is 2.53. The summed E-state index contributed by atoms with van der Waals surface area (Å²) in [6, 6.07) is 16.2. The van der Waals surface area contributed by atoms with E-state index in [9.17, 15) is 29.7 Å². The van der Waals surface area contributed by atoms with E-state index < -0.39 is 59.3 Å². The zero-order valence-electron chi connectivity index (χ0n) is 24.8. The van der Waals surface area contributed by atoms with Gasteiger partial charge in [-0.1, -0.05) is 30.3 Å². The minimum absolute atomic E-state index is 0.0379. The number of nitrogens with two attached hydrogens (primary N) is 1. The molecule has 4 aromatic rings. The number of phenols is 1. The molecule has 1 saturated heterocycles. The van der Waals surface area contributed by atoms with E-state index >= 15 is 0 Å². The number of hydrogen-bond donors (Lipinski definition) is 5. The van der Waals surface area contributed by atoms with E-state index in [-0.39, 0.29) is 33.6 Å². The lowest BCUT2D eigenvalue weighted by atomic mass is 9.89. The van der Waals surface area contributed by atoms with Gasteiger partial charge in [-0.3, -0.25) is 4.79 Å². The summed E-state index contributed by atoms with van der Waals surface area (Å²) in [5.41, 5.74) is 4.12. The molecule has 13 heteroatoms. The third kappa shape index (κ3) is 6.13. The minimum atomic E-state index is -1.52. The largest absolute Gasteiger partial charge is 0.508 e. The van der Waals surface area contributed by atoms with Crippen LogP contribution in [0.3, 0.4) is 0 Å². The highest BCUT2D eigenvalue weighted by atomic mass is 16.7. The third-order valence-corrected chi connectivity index (χ3v) is 7.54. The molecule has 2 amide bonds. The second kappa shape index (κ2) is 12.1. The van der Waals surface area contributed by atoms with E-state index in [0.717, 1.165) is 5.56 Å². The lowest BCUT2D eigenvalue weighted by molar-refractivity contribution is -0.304. The van der Waals surface area contributed by atoms with Crippen molar-refractivity contribution in [2.24, 2.45) is 5.73 Å². The van der Waals surface area contributed by atoms with Gasteiger partial charge >= 0.3 is 11.7 Å². The van der Waals surface area contributed by atoms with Crippen LogP contribution in [0.1, 0.15) is 29.8 Å². The van der Waals surface area contributed by atoms with Gasteiger partial charge in [-0.25, -0.2) is 9.59 Å². The van der Waals surface area contributed by atoms with Gasteiger partial charge in [0.1, 0.15) is 23.2 Å². The first kappa shape index (κ1) is 31.3. The van der Waals surface area contributed by atoms with Crippen LogP contribution < -0.4 is 21.4 Å². The number of anilines is 1. The Bertz CT molecular complexity index is 1820. The first-order valence-electron chi connectivity index (χ1n) is 13.8. The number of phenolic OH excluding ortho intramolecular Hbond substituents is 1. The number of amides is 2. The lowest BCUT2D eigenvalue weighted by Gasteiger charge is -2.47. The van der Waals surface area contributed by atoms with Gasteiger partial charge < -0.3 is 49.7 Å². The molecule has 0 unspecified atom stereocenters. The van der Waals surface area contributed by atoms with Gasteiger partial charge in [0.05, 0.1) is 11.0 Å². The number of aliphatic hydroxyl groups is 1. The molecule has 236 valence electrons. The molecule has 45 heavy (non-hydrogen) atoms. The second-order valence-corrected chi connectivity index (χ2v) is 11.0. The summed E-state index contributed by atoms with van der Waals surface area (Å²) >= 11 is 0. The van der Waals surface area contributed by atoms with E-state index in [1.54, 1.807) is 20.8 Å². The van der Waals surface area contributed by atoms with Crippen molar-refractivity contribution in [3.05, 3.63) is 82.2 Å². The van der Waals surface area contributed by atoms with Crippen molar-refractivity contribution >= 4 is 28.7 Å². The predicted octanol–water partition coefficient (Wildman–Crippen LogP) is 3.79. The molecule has 1 aliphatic rings. The van der Waals surface area contributed by atoms with E-state index in [1.807, 2.05) is 30.3 Å². The molecular weight excluding hydrogens is 588 g/mol. The van der Waals surface area contributed by atoms with Crippen LogP contribution in [0.4, 0.5) is 10.5 Å². The molecule has 2 heterocycles. The van der Waals surface area contributed by atoms with Crippen LogP contribution in [0, 0.1) is 6.92 Å². The lowest BCUT2D eigenvalue weighted by Crippen LogP contribution is -2.65. The molecule has 1 fully saturated rings. The molecule has 0 aliphatic carbocycles. The fourth-order valence-corrected chi connectivity index (χ4v) is 5.40. The van der Waals surface area contributed by atoms with E-state index in [1.165, 1.54) is 37.4 Å². The Balaban J connectivity index is 1.44. The van der Waals surface area contributed by atoms with Crippen molar-refractivity contribution in [1.82, 2.24) is 0 Å². The molecule has 5 rings (SSSR count). The maximum atomic E-state index is 13.1. The standard InChI is InChI=1S/C32H32N2O11/c1-15-21(42-30-24(37)26(44-31(33)40)27(41-4)32(2,3)45-30)11-10-20-23(36)22(29(39)43-25(15)20)34-28(38)18-12-17(13-19(35)14-18)16-8-6-5-7-9-16/h5-14,24,26-27,30,35-37H,1-4H3,(H2,33,40)(H,34,38)/t24-,26+,27-,30-/m1/s1. The smallest absolute Gasteiger partial charge is 0.404 e. The molecule has 3 aromatic carbocycles. The van der Waals surface area contributed by atoms with Crippen molar-refractivity contribution in [3.63, 3.8) is 0 Å². The summed E-state index contributed by atoms with van der Waals surface area (Å²) in [4.78, 5) is 37.7. The number of carbonyl (C=O) groups is 2. The highest BCUT2D eigenvalue weighted by molar-refractivity contribution is 6.07. The summed E-state index contributed by atoms with van der Waals surface area (Å²) in [5.74, 6) is -1.38. The number of aromatic hydroxyl groups is 2. The van der Waals surface area contributed by atoms with Gasteiger partial charge in [0.25, 0.3) is 5.91 Å². The van der Waals surface area contributed by atoms with Crippen molar-refractivity contribution < 1.29 is 48.3 Å². The third-order valence-electron chi connectivity index (χ3n) is 7.54. The van der Waals surface area contributed by atoms with Crippen LogP contribution >= 0.6 is 0 Å². The Morgan fingerprint density at radius 1 is 1.02 bits per heavy atom.